The minimum absolute atomic E-state index is 0.125. The van der Waals surface area contributed by atoms with Gasteiger partial charge in [0.1, 0.15) is 18.1 Å². The summed E-state index contributed by atoms with van der Waals surface area (Å²) in [4.78, 5) is 12.0. The largest absolute Gasteiger partial charge is 0.489 e. The van der Waals surface area contributed by atoms with Gasteiger partial charge in [0.15, 0.2) is 6.61 Å². The molecule has 0 heterocycles. The van der Waals surface area contributed by atoms with E-state index in [1.54, 1.807) is 6.08 Å². The Morgan fingerprint density at radius 2 is 1.70 bits per heavy atom. The van der Waals surface area contributed by atoms with Crippen molar-refractivity contribution < 1.29 is 14.3 Å². The molecule has 3 aromatic rings. The molecule has 0 aromatic heterocycles. The number of ether oxygens (including phenoxy) is 2. The molecule has 5 heteroatoms. The predicted octanol–water partition coefficient (Wildman–Crippen LogP) is 3.93. The number of hydrogen-bond donors (Lipinski definition) is 1. The standard InChI is InChI=1S/C22H20N2O3/c1-2-14-26-20-12-6-4-9-18(20)15-23-24-22(25)16-27-21-13-7-10-17-8-3-5-11-19(17)21/h2-13,15H,1,14,16H2,(H,24,25)/b23-15-. The first-order valence-corrected chi connectivity index (χ1v) is 8.53. The minimum atomic E-state index is -0.344. The molecule has 3 aromatic carbocycles. The second-order valence-electron chi connectivity index (χ2n) is 5.70. The van der Waals surface area contributed by atoms with Crippen LogP contribution in [0.2, 0.25) is 0 Å². The van der Waals surface area contributed by atoms with Gasteiger partial charge in [-0.3, -0.25) is 4.79 Å². The van der Waals surface area contributed by atoms with Crippen LogP contribution in [0.5, 0.6) is 11.5 Å². The summed E-state index contributed by atoms with van der Waals surface area (Å²) >= 11 is 0. The number of hydrogen-bond acceptors (Lipinski definition) is 4. The number of benzene rings is 3. The van der Waals surface area contributed by atoms with E-state index in [1.165, 1.54) is 6.21 Å². The van der Waals surface area contributed by atoms with Gasteiger partial charge < -0.3 is 9.47 Å². The first-order chi connectivity index (χ1) is 13.3. The summed E-state index contributed by atoms with van der Waals surface area (Å²) in [5.41, 5.74) is 3.22. The quantitative estimate of drug-likeness (QED) is 0.376. The molecule has 0 bridgehead atoms. The van der Waals surface area contributed by atoms with E-state index >= 15 is 0 Å². The van der Waals surface area contributed by atoms with E-state index < -0.39 is 0 Å². The zero-order chi connectivity index (χ0) is 18.9. The number of fused-ring (bicyclic) bond motifs is 1. The fourth-order valence-corrected chi connectivity index (χ4v) is 2.54. The Balaban J connectivity index is 1.57. The molecule has 0 unspecified atom stereocenters. The van der Waals surface area contributed by atoms with Gasteiger partial charge in [0.2, 0.25) is 0 Å². The average molecular weight is 360 g/mol. The fourth-order valence-electron chi connectivity index (χ4n) is 2.54. The molecule has 136 valence electrons. The summed E-state index contributed by atoms with van der Waals surface area (Å²) in [6.45, 7) is 3.90. The summed E-state index contributed by atoms with van der Waals surface area (Å²) in [5.74, 6) is 0.987. The number of para-hydroxylation sites is 1. The number of carbonyl (C=O) groups excluding carboxylic acids is 1. The van der Waals surface area contributed by atoms with Gasteiger partial charge in [-0.1, -0.05) is 61.2 Å². The van der Waals surface area contributed by atoms with Gasteiger partial charge in [0.05, 0.1) is 6.21 Å². The van der Waals surface area contributed by atoms with Crippen LogP contribution in [-0.2, 0) is 4.79 Å². The van der Waals surface area contributed by atoms with Crippen molar-refractivity contribution in [1.29, 1.82) is 0 Å². The van der Waals surface area contributed by atoms with E-state index in [2.05, 4.69) is 17.1 Å². The summed E-state index contributed by atoms with van der Waals surface area (Å²) in [7, 11) is 0. The smallest absolute Gasteiger partial charge is 0.277 e. The van der Waals surface area contributed by atoms with Crippen LogP contribution in [0, 0.1) is 0 Å². The predicted molar refractivity (Wildman–Crippen MR) is 107 cm³/mol. The molecule has 0 saturated carbocycles. The van der Waals surface area contributed by atoms with Crippen LogP contribution in [0.4, 0.5) is 0 Å². The average Bonchev–Trinajstić information content (AvgIpc) is 2.71. The van der Waals surface area contributed by atoms with Crippen molar-refractivity contribution in [2.45, 2.75) is 0 Å². The SMILES string of the molecule is C=CCOc1ccccc1/C=N\NC(=O)COc1cccc2ccccc12. The number of nitrogens with one attached hydrogen (secondary N) is 1. The van der Waals surface area contributed by atoms with Crippen LogP contribution in [-0.4, -0.2) is 25.3 Å². The number of carbonyl (C=O) groups is 1. The Morgan fingerprint density at radius 1 is 0.963 bits per heavy atom. The van der Waals surface area contributed by atoms with Crippen LogP contribution in [0.15, 0.2) is 84.5 Å². The van der Waals surface area contributed by atoms with Crippen LogP contribution < -0.4 is 14.9 Å². The highest BCUT2D eigenvalue weighted by Gasteiger charge is 2.05. The van der Waals surface area contributed by atoms with Gasteiger partial charge in [-0.25, -0.2) is 5.43 Å². The molecule has 0 aliphatic carbocycles. The number of amides is 1. The number of rotatable bonds is 8. The van der Waals surface area contributed by atoms with Crippen LogP contribution in [0.3, 0.4) is 0 Å². The molecule has 0 fully saturated rings. The van der Waals surface area contributed by atoms with Crippen LogP contribution in [0.1, 0.15) is 5.56 Å². The van der Waals surface area contributed by atoms with Crippen LogP contribution >= 0.6 is 0 Å². The second kappa shape index (κ2) is 9.20. The zero-order valence-electron chi connectivity index (χ0n) is 14.8. The Bertz CT molecular complexity index is 961. The summed E-state index contributed by atoms with van der Waals surface area (Å²) < 4.78 is 11.2. The molecular weight excluding hydrogens is 340 g/mol. The molecule has 0 aliphatic rings. The lowest BCUT2D eigenvalue weighted by Crippen LogP contribution is -2.24. The third-order valence-electron chi connectivity index (χ3n) is 3.78. The van der Waals surface area contributed by atoms with Crippen molar-refractivity contribution in [3.8, 4) is 11.5 Å². The third-order valence-corrected chi connectivity index (χ3v) is 3.78. The van der Waals surface area contributed by atoms with Gasteiger partial charge >= 0.3 is 0 Å². The number of nitrogens with zero attached hydrogens (tertiary/aromatic N) is 1. The van der Waals surface area contributed by atoms with Gasteiger partial charge in [-0.2, -0.15) is 5.10 Å². The lowest BCUT2D eigenvalue weighted by molar-refractivity contribution is -0.123. The lowest BCUT2D eigenvalue weighted by atomic mass is 10.1. The maximum absolute atomic E-state index is 12.0. The Hall–Kier alpha value is -3.60. The van der Waals surface area contributed by atoms with E-state index in [0.29, 0.717) is 18.1 Å². The van der Waals surface area contributed by atoms with E-state index in [-0.39, 0.29) is 12.5 Å². The monoisotopic (exact) mass is 360 g/mol. The van der Waals surface area contributed by atoms with E-state index in [4.69, 9.17) is 9.47 Å². The highest BCUT2D eigenvalue weighted by molar-refractivity contribution is 5.89. The molecule has 27 heavy (non-hydrogen) atoms. The summed E-state index contributed by atoms with van der Waals surface area (Å²) in [6.07, 6.45) is 3.20. The molecule has 1 N–H and O–H groups in total. The van der Waals surface area contributed by atoms with E-state index in [9.17, 15) is 4.79 Å². The van der Waals surface area contributed by atoms with Gasteiger partial charge in [0, 0.05) is 10.9 Å². The topological polar surface area (TPSA) is 59.9 Å². The molecular formula is C22H20N2O3. The zero-order valence-corrected chi connectivity index (χ0v) is 14.8. The van der Waals surface area contributed by atoms with Gasteiger partial charge in [-0.05, 0) is 23.6 Å². The number of hydrazone groups is 1. The van der Waals surface area contributed by atoms with E-state index in [0.717, 1.165) is 16.3 Å². The van der Waals surface area contributed by atoms with Crippen molar-refractivity contribution in [3.05, 3.63) is 84.9 Å². The Kier molecular flexibility index (Phi) is 6.20. The third kappa shape index (κ3) is 4.95. The highest BCUT2D eigenvalue weighted by atomic mass is 16.5. The fraction of sp³-hybridized carbons (Fsp3) is 0.0909. The normalized spacial score (nSPS) is 10.7. The molecule has 0 atom stereocenters. The lowest BCUT2D eigenvalue weighted by Gasteiger charge is -2.08. The van der Waals surface area contributed by atoms with Crippen molar-refractivity contribution in [2.75, 3.05) is 13.2 Å². The molecule has 3 rings (SSSR count). The maximum Gasteiger partial charge on any atom is 0.277 e. The molecule has 1 amide bonds. The Labute approximate surface area is 157 Å². The molecule has 5 nitrogen and oxygen atoms in total. The maximum atomic E-state index is 12.0. The Morgan fingerprint density at radius 3 is 2.59 bits per heavy atom. The van der Waals surface area contributed by atoms with Crippen molar-refractivity contribution >= 4 is 22.9 Å². The first-order valence-electron chi connectivity index (χ1n) is 8.53. The minimum Gasteiger partial charge on any atom is -0.489 e. The van der Waals surface area contributed by atoms with Gasteiger partial charge in [-0.15, -0.1) is 0 Å². The second-order valence-corrected chi connectivity index (χ2v) is 5.70. The van der Waals surface area contributed by atoms with Crippen LogP contribution in [0.25, 0.3) is 10.8 Å². The van der Waals surface area contributed by atoms with E-state index in [1.807, 2.05) is 66.7 Å². The molecule has 0 radical (unpaired) electrons. The first kappa shape index (κ1) is 18.2. The van der Waals surface area contributed by atoms with Gasteiger partial charge in [0.25, 0.3) is 5.91 Å². The highest BCUT2D eigenvalue weighted by Crippen LogP contribution is 2.24. The van der Waals surface area contributed by atoms with Crippen molar-refractivity contribution in [2.24, 2.45) is 5.10 Å². The summed E-state index contributed by atoms with van der Waals surface area (Å²) in [5, 5.41) is 6.00. The van der Waals surface area contributed by atoms with Crippen molar-refractivity contribution in [1.82, 2.24) is 5.43 Å². The summed E-state index contributed by atoms with van der Waals surface area (Å²) in [6, 6.07) is 21.0. The molecule has 0 spiro atoms. The molecule has 0 saturated heterocycles. The van der Waals surface area contributed by atoms with Crippen molar-refractivity contribution in [3.63, 3.8) is 0 Å². The molecule has 0 aliphatic heterocycles.